The number of hydrogen-bond acceptors (Lipinski definition) is 3. The lowest BCUT2D eigenvalue weighted by molar-refractivity contribution is 0.404. The van der Waals surface area contributed by atoms with Crippen molar-refractivity contribution in [1.29, 1.82) is 0 Å². The zero-order chi connectivity index (χ0) is 14.2. The number of aromatic hydroxyl groups is 1. The summed E-state index contributed by atoms with van der Waals surface area (Å²) in [6.45, 7) is 5.61. The SMILES string of the molecule is Cc1c(C)c(Cl)c(C)c(C2(N=C=O)CCCC2)c1O. The topological polar surface area (TPSA) is 49.7 Å². The summed E-state index contributed by atoms with van der Waals surface area (Å²) in [6.07, 6.45) is 5.19. The molecule has 4 heteroatoms. The standard InChI is InChI=1S/C15H18ClNO2/c1-9-10(2)14(19)12(11(3)13(9)16)15(17-8-18)6-4-5-7-15/h19H,4-7H2,1-3H3. The number of isocyanates is 1. The Bertz CT molecular complexity index is 539. The Balaban J connectivity index is 2.78. The van der Waals surface area contributed by atoms with Gasteiger partial charge >= 0.3 is 0 Å². The summed E-state index contributed by atoms with van der Waals surface area (Å²) in [6, 6.07) is 0. The molecule has 0 saturated heterocycles. The lowest BCUT2D eigenvalue weighted by atomic mass is 9.83. The summed E-state index contributed by atoms with van der Waals surface area (Å²) < 4.78 is 0. The highest BCUT2D eigenvalue weighted by atomic mass is 35.5. The largest absolute Gasteiger partial charge is 0.507 e. The summed E-state index contributed by atoms with van der Waals surface area (Å²) >= 11 is 6.35. The molecule has 1 aliphatic carbocycles. The first-order valence-electron chi connectivity index (χ1n) is 6.52. The monoisotopic (exact) mass is 279 g/mol. The fraction of sp³-hybridized carbons (Fsp3) is 0.533. The van der Waals surface area contributed by atoms with E-state index in [4.69, 9.17) is 11.6 Å². The zero-order valence-electron chi connectivity index (χ0n) is 11.5. The molecule has 3 nitrogen and oxygen atoms in total. The molecule has 1 N–H and O–H groups in total. The molecule has 1 aromatic rings. The highest BCUT2D eigenvalue weighted by molar-refractivity contribution is 6.32. The van der Waals surface area contributed by atoms with Crippen molar-refractivity contribution in [2.24, 2.45) is 4.99 Å². The van der Waals surface area contributed by atoms with E-state index in [1.165, 1.54) is 0 Å². The van der Waals surface area contributed by atoms with E-state index in [9.17, 15) is 9.90 Å². The van der Waals surface area contributed by atoms with Gasteiger partial charge in [-0.2, -0.15) is 4.99 Å². The number of nitrogens with zero attached hydrogens (tertiary/aromatic N) is 1. The minimum atomic E-state index is -0.641. The van der Waals surface area contributed by atoms with Crippen molar-refractivity contribution < 1.29 is 9.90 Å². The molecular formula is C15H18ClNO2. The van der Waals surface area contributed by atoms with Crippen LogP contribution in [0.15, 0.2) is 4.99 Å². The fourth-order valence-corrected chi connectivity index (χ4v) is 3.37. The first kappa shape index (κ1) is 14.1. The van der Waals surface area contributed by atoms with Crippen molar-refractivity contribution in [2.75, 3.05) is 0 Å². The Morgan fingerprint density at radius 3 is 2.26 bits per heavy atom. The van der Waals surface area contributed by atoms with Gasteiger partial charge in [0.25, 0.3) is 0 Å². The normalized spacial score (nSPS) is 17.3. The second kappa shape index (κ2) is 4.99. The lowest BCUT2D eigenvalue weighted by Crippen LogP contribution is -2.21. The number of benzene rings is 1. The predicted molar refractivity (Wildman–Crippen MR) is 75.6 cm³/mol. The maximum atomic E-state index is 10.8. The van der Waals surface area contributed by atoms with Crippen molar-refractivity contribution in [1.82, 2.24) is 0 Å². The number of phenols is 1. The molecule has 0 atom stereocenters. The van der Waals surface area contributed by atoms with E-state index in [0.29, 0.717) is 10.6 Å². The number of rotatable bonds is 2. The van der Waals surface area contributed by atoms with Gasteiger partial charge in [0.1, 0.15) is 11.3 Å². The summed E-state index contributed by atoms with van der Waals surface area (Å²) in [5, 5.41) is 11.1. The van der Waals surface area contributed by atoms with Crippen molar-refractivity contribution in [3.8, 4) is 5.75 Å². The third-order valence-electron chi connectivity index (χ3n) is 4.34. The summed E-state index contributed by atoms with van der Waals surface area (Å²) in [4.78, 5) is 14.8. The van der Waals surface area contributed by atoms with Gasteiger partial charge in [-0.15, -0.1) is 0 Å². The number of halogens is 1. The Hall–Kier alpha value is -1.31. The van der Waals surface area contributed by atoms with Crippen LogP contribution in [0.25, 0.3) is 0 Å². The maximum absolute atomic E-state index is 10.8. The highest BCUT2D eigenvalue weighted by Gasteiger charge is 2.40. The average Bonchev–Trinajstić information content (AvgIpc) is 2.84. The Morgan fingerprint density at radius 1 is 1.16 bits per heavy atom. The quantitative estimate of drug-likeness (QED) is 0.655. The molecule has 1 saturated carbocycles. The summed E-state index contributed by atoms with van der Waals surface area (Å²) in [7, 11) is 0. The second-order valence-electron chi connectivity index (χ2n) is 5.35. The fourth-order valence-electron chi connectivity index (χ4n) is 3.13. The van der Waals surface area contributed by atoms with Crippen LogP contribution in [0.1, 0.15) is 47.9 Å². The molecule has 2 rings (SSSR count). The van der Waals surface area contributed by atoms with Crippen LogP contribution < -0.4 is 0 Å². The molecule has 0 unspecified atom stereocenters. The third kappa shape index (κ3) is 2.07. The molecule has 19 heavy (non-hydrogen) atoms. The molecule has 0 heterocycles. The van der Waals surface area contributed by atoms with E-state index in [1.54, 1.807) is 6.08 Å². The molecule has 1 aromatic carbocycles. The van der Waals surface area contributed by atoms with Gasteiger partial charge in [0.2, 0.25) is 6.08 Å². The molecular weight excluding hydrogens is 262 g/mol. The van der Waals surface area contributed by atoms with Gasteiger partial charge in [-0.25, -0.2) is 4.79 Å². The molecule has 0 amide bonds. The molecule has 0 spiro atoms. The van der Waals surface area contributed by atoms with Crippen LogP contribution in [0.4, 0.5) is 0 Å². The Morgan fingerprint density at radius 2 is 1.74 bits per heavy atom. The first-order chi connectivity index (χ1) is 8.94. The van der Waals surface area contributed by atoms with Gasteiger partial charge < -0.3 is 5.11 Å². The molecule has 0 aromatic heterocycles. The Kier molecular flexibility index (Phi) is 3.71. The number of carbonyl (C=O) groups excluding carboxylic acids is 1. The van der Waals surface area contributed by atoms with E-state index in [-0.39, 0.29) is 5.75 Å². The van der Waals surface area contributed by atoms with E-state index >= 15 is 0 Å². The summed E-state index contributed by atoms with van der Waals surface area (Å²) in [5.74, 6) is 0.223. The zero-order valence-corrected chi connectivity index (χ0v) is 12.3. The molecule has 0 bridgehead atoms. The average molecular weight is 280 g/mol. The molecule has 0 radical (unpaired) electrons. The molecule has 1 fully saturated rings. The smallest absolute Gasteiger partial charge is 0.235 e. The van der Waals surface area contributed by atoms with Gasteiger partial charge in [-0.3, -0.25) is 0 Å². The first-order valence-corrected chi connectivity index (χ1v) is 6.90. The van der Waals surface area contributed by atoms with Crippen LogP contribution in [-0.4, -0.2) is 11.2 Å². The van der Waals surface area contributed by atoms with Crippen LogP contribution >= 0.6 is 11.6 Å². The Labute approximate surface area is 118 Å². The third-order valence-corrected chi connectivity index (χ3v) is 4.91. The minimum Gasteiger partial charge on any atom is -0.507 e. The number of phenolic OH excluding ortho intramolecular Hbond substituents is 1. The number of hydrogen-bond donors (Lipinski definition) is 1. The summed E-state index contributed by atoms with van der Waals surface area (Å²) in [5.41, 5.74) is 2.53. The van der Waals surface area contributed by atoms with Crippen LogP contribution in [0.3, 0.4) is 0 Å². The van der Waals surface area contributed by atoms with Gasteiger partial charge in [-0.1, -0.05) is 24.4 Å². The van der Waals surface area contributed by atoms with Crippen LogP contribution in [0.5, 0.6) is 5.75 Å². The molecule has 1 aliphatic rings. The van der Waals surface area contributed by atoms with Crippen LogP contribution in [-0.2, 0) is 10.3 Å². The van der Waals surface area contributed by atoms with Crippen molar-refractivity contribution >= 4 is 17.7 Å². The molecule has 0 aliphatic heterocycles. The van der Waals surface area contributed by atoms with Gasteiger partial charge in [0.05, 0.1) is 0 Å². The number of aliphatic imine (C=N–C) groups is 1. The van der Waals surface area contributed by atoms with Crippen molar-refractivity contribution in [3.05, 3.63) is 27.3 Å². The van der Waals surface area contributed by atoms with Gasteiger partial charge in [0, 0.05) is 10.6 Å². The van der Waals surface area contributed by atoms with Crippen molar-refractivity contribution in [3.63, 3.8) is 0 Å². The lowest BCUT2D eigenvalue weighted by Gasteiger charge is -2.28. The second-order valence-corrected chi connectivity index (χ2v) is 5.73. The van der Waals surface area contributed by atoms with Crippen LogP contribution in [0, 0.1) is 20.8 Å². The van der Waals surface area contributed by atoms with Gasteiger partial charge in [-0.05, 0) is 50.3 Å². The predicted octanol–water partition coefficient (Wildman–Crippen LogP) is 4.08. The highest BCUT2D eigenvalue weighted by Crippen LogP contribution is 2.49. The molecule has 102 valence electrons. The van der Waals surface area contributed by atoms with Crippen molar-refractivity contribution in [2.45, 2.75) is 52.0 Å². The van der Waals surface area contributed by atoms with E-state index < -0.39 is 5.54 Å². The maximum Gasteiger partial charge on any atom is 0.235 e. The van der Waals surface area contributed by atoms with Crippen LogP contribution in [0.2, 0.25) is 5.02 Å². The van der Waals surface area contributed by atoms with E-state index in [2.05, 4.69) is 4.99 Å². The van der Waals surface area contributed by atoms with E-state index in [0.717, 1.165) is 42.4 Å². The van der Waals surface area contributed by atoms with E-state index in [1.807, 2.05) is 20.8 Å². The minimum absolute atomic E-state index is 0.223. The van der Waals surface area contributed by atoms with Gasteiger partial charge in [0.15, 0.2) is 0 Å².